The lowest BCUT2D eigenvalue weighted by Crippen LogP contribution is -2.54. The van der Waals surface area contributed by atoms with Gasteiger partial charge in [-0.05, 0) is 66.8 Å². The van der Waals surface area contributed by atoms with Crippen LogP contribution in [0.1, 0.15) is 5.76 Å². The van der Waals surface area contributed by atoms with Crippen LogP contribution >= 0.6 is 12.2 Å². The zero-order valence-corrected chi connectivity index (χ0v) is 19.8. The average molecular weight is 512 g/mol. The van der Waals surface area contributed by atoms with Gasteiger partial charge in [0.25, 0.3) is 17.5 Å². The van der Waals surface area contributed by atoms with Crippen molar-refractivity contribution in [1.82, 2.24) is 5.32 Å². The molecule has 182 valence electrons. The Morgan fingerprint density at radius 2 is 1.65 bits per heavy atom. The molecule has 1 aliphatic rings. The number of thiocarbonyl (C=S) groups is 1. The Kier molecular flexibility index (Phi) is 6.31. The Labute approximate surface area is 215 Å². The predicted molar refractivity (Wildman–Crippen MR) is 140 cm³/mol. The number of furan rings is 1. The van der Waals surface area contributed by atoms with Crippen LogP contribution in [0.4, 0.5) is 11.4 Å². The first-order valence-electron chi connectivity index (χ1n) is 11.0. The fourth-order valence-corrected chi connectivity index (χ4v) is 3.96. The van der Waals surface area contributed by atoms with Crippen LogP contribution in [-0.4, -0.2) is 21.9 Å². The van der Waals surface area contributed by atoms with Crippen molar-refractivity contribution in [3.63, 3.8) is 0 Å². The molecule has 10 heteroatoms. The van der Waals surface area contributed by atoms with Crippen LogP contribution < -0.4 is 15.0 Å². The third-order valence-electron chi connectivity index (χ3n) is 5.43. The molecule has 2 amide bonds. The number of nitrogens with zero attached hydrogens (tertiary/aromatic N) is 2. The molecule has 0 spiro atoms. The minimum Gasteiger partial charge on any atom is -0.457 e. The van der Waals surface area contributed by atoms with Crippen molar-refractivity contribution in [3.8, 4) is 22.8 Å². The fourth-order valence-electron chi connectivity index (χ4n) is 3.68. The third kappa shape index (κ3) is 5.00. The molecule has 0 radical (unpaired) electrons. The Bertz CT molecular complexity index is 1560. The molecule has 1 aliphatic heterocycles. The van der Waals surface area contributed by atoms with Crippen molar-refractivity contribution in [3.05, 3.63) is 112 Å². The van der Waals surface area contributed by atoms with Crippen LogP contribution in [0, 0.1) is 10.1 Å². The lowest BCUT2D eigenvalue weighted by atomic mass is 10.1. The first kappa shape index (κ1) is 23.6. The topological polar surface area (TPSA) is 115 Å². The lowest BCUT2D eigenvalue weighted by Gasteiger charge is -2.28. The van der Waals surface area contributed by atoms with Crippen molar-refractivity contribution in [2.45, 2.75) is 0 Å². The number of para-hydroxylation sites is 1. The molecule has 0 aliphatic carbocycles. The molecular weight excluding hydrogens is 494 g/mol. The van der Waals surface area contributed by atoms with E-state index in [4.69, 9.17) is 21.4 Å². The van der Waals surface area contributed by atoms with Gasteiger partial charge in [-0.25, -0.2) is 0 Å². The van der Waals surface area contributed by atoms with E-state index in [9.17, 15) is 19.7 Å². The molecule has 0 bridgehead atoms. The Balaban J connectivity index is 1.39. The van der Waals surface area contributed by atoms with Crippen molar-refractivity contribution < 1.29 is 23.7 Å². The molecule has 1 fully saturated rings. The number of nitro groups is 1. The zero-order chi connectivity index (χ0) is 25.9. The van der Waals surface area contributed by atoms with Crippen LogP contribution in [0.25, 0.3) is 17.4 Å². The molecule has 4 aromatic rings. The summed E-state index contributed by atoms with van der Waals surface area (Å²) in [5.74, 6) is 0.511. The summed E-state index contributed by atoms with van der Waals surface area (Å²) >= 11 is 5.26. The molecule has 0 atom stereocenters. The molecule has 2 heterocycles. The van der Waals surface area contributed by atoms with Gasteiger partial charge in [-0.2, -0.15) is 0 Å². The Hall–Kier alpha value is -5.09. The van der Waals surface area contributed by atoms with Gasteiger partial charge in [0, 0.05) is 17.7 Å². The number of nitro benzene ring substituents is 1. The van der Waals surface area contributed by atoms with E-state index >= 15 is 0 Å². The number of non-ortho nitro benzene ring substituents is 1. The van der Waals surface area contributed by atoms with Crippen molar-refractivity contribution in [2.75, 3.05) is 4.90 Å². The van der Waals surface area contributed by atoms with Gasteiger partial charge in [0.2, 0.25) is 0 Å². The minimum absolute atomic E-state index is 0.0550. The zero-order valence-electron chi connectivity index (χ0n) is 19.0. The summed E-state index contributed by atoms with van der Waals surface area (Å²) in [6.45, 7) is 0. The number of carbonyl (C=O) groups excluding carboxylic acids is 2. The maximum atomic E-state index is 13.3. The van der Waals surface area contributed by atoms with E-state index in [1.54, 1.807) is 48.5 Å². The van der Waals surface area contributed by atoms with Crippen LogP contribution in [0.5, 0.6) is 11.5 Å². The second-order valence-electron chi connectivity index (χ2n) is 7.88. The average Bonchev–Trinajstić information content (AvgIpc) is 3.37. The molecule has 1 aromatic heterocycles. The van der Waals surface area contributed by atoms with E-state index in [2.05, 4.69) is 5.32 Å². The minimum atomic E-state index is -0.663. The molecular formula is C27H17N3O6S. The number of hydrogen-bond donors (Lipinski definition) is 1. The van der Waals surface area contributed by atoms with Crippen molar-refractivity contribution in [1.29, 1.82) is 0 Å². The van der Waals surface area contributed by atoms with Crippen LogP contribution in [0.15, 0.2) is 101 Å². The first-order chi connectivity index (χ1) is 17.9. The summed E-state index contributed by atoms with van der Waals surface area (Å²) in [7, 11) is 0. The number of carbonyl (C=O) groups is 2. The predicted octanol–water partition coefficient (Wildman–Crippen LogP) is 5.48. The lowest BCUT2D eigenvalue weighted by molar-refractivity contribution is -0.384. The standard InChI is InChI=1S/C27H17N3O6S/c31-25-23(16-22-13-14-24(36-22)17-5-4-6-19(15-17)30(33)34)26(32)29(27(37)28-25)18-9-11-21(12-10-18)35-20-7-2-1-3-8-20/h1-16H,(H,28,31,37)/b23-16+. The van der Waals surface area contributed by atoms with Gasteiger partial charge in [0.05, 0.1) is 10.6 Å². The molecule has 37 heavy (non-hydrogen) atoms. The van der Waals surface area contributed by atoms with Gasteiger partial charge in [-0.1, -0.05) is 30.3 Å². The van der Waals surface area contributed by atoms with Crippen molar-refractivity contribution >= 4 is 46.6 Å². The molecule has 5 rings (SSSR count). The van der Waals surface area contributed by atoms with Gasteiger partial charge in [-0.15, -0.1) is 0 Å². The number of hydrogen-bond acceptors (Lipinski definition) is 7. The Morgan fingerprint density at radius 1 is 0.919 bits per heavy atom. The third-order valence-corrected chi connectivity index (χ3v) is 5.72. The monoisotopic (exact) mass is 511 g/mol. The maximum Gasteiger partial charge on any atom is 0.270 e. The highest BCUT2D eigenvalue weighted by atomic mass is 32.1. The number of amides is 2. The van der Waals surface area contributed by atoms with Gasteiger partial charge in [0.15, 0.2) is 5.11 Å². The van der Waals surface area contributed by atoms with E-state index in [0.29, 0.717) is 28.5 Å². The fraction of sp³-hybridized carbons (Fsp3) is 0. The van der Waals surface area contributed by atoms with E-state index in [-0.39, 0.29) is 22.1 Å². The maximum absolute atomic E-state index is 13.3. The molecule has 0 saturated carbocycles. The molecule has 0 unspecified atom stereocenters. The summed E-state index contributed by atoms with van der Waals surface area (Å²) in [6.07, 6.45) is 1.31. The smallest absolute Gasteiger partial charge is 0.270 e. The van der Waals surface area contributed by atoms with Crippen molar-refractivity contribution in [2.24, 2.45) is 0 Å². The van der Waals surface area contributed by atoms with E-state index in [1.165, 1.54) is 23.1 Å². The molecule has 1 saturated heterocycles. The SMILES string of the molecule is O=C1NC(=S)N(c2ccc(Oc3ccccc3)cc2)C(=O)/C1=C/c1ccc(-c2cccc([N+](=O)[O-])c2)o1. The van der Waals surface area contributed by atoms with Gasteiger partial charge in [-0.3, -0.25) is 29.9 Å². The molecule has 1 N–H and O–H groups in total. The first-order valence-corrected chi connectivity index (χ1v) is 11.4. The summed E-state index contributed by atoms with van der Waals surface area (Å²) < 4.78 is 11.5. The largest absolute Gasteiger partial charge is 0.457 e. The molecule has 3 aromatic carbocycles. The van der Waals surface area contributed by atoms with E-state index in [1.807, 2.05) is 30.3 Å². The molecule has 9 nitrogen and oxygen atoms in total. The van der Waals surface area contributed by atoms with E-state index in [0.717, 1.165) is 0 Å². The highest BCUT2D eigenvalue weighted by molar-refractivity contribution is 7.80. The normalized spacial score (nSPS) is 14.5. The number of rotatable bonds is 6. The summed E-state index contributed by atoms with van der Waals surface area (Å²) in [4.78, 5) is 37.7. The summed E-state index contributed by atoms with van der Waals surface area (Å²) in [6, 6.07) is 25.1. The highest BCUT2D eigenvalue weighted by Crippen LogP contribution is 2.29. The summed E-state index contributed by atoms with van der Waals surface area (Å²) in [5.41, 5.74) is 0.662. The number of ether oxygens (including phenoxy) is 1. The number of anilines is 1. The van der Waals surface area contributed by atoms with Crippen LogP contribution in [0.3, 0.4) is 0 Å². The van der Waals surface area contributed by atoms with Crippen LogP contribution in [-0.2, 0) is 9.59 Å². The second-order valence-corrected chi connectivity index (χ2v) is 8.26. The van der Waals surface area contributed by atoms with Gasteiger partial charge in [0.1, 0.15) is 28.6 Å². The van der Waals surface area contributed by atoms with Gasteiger partial charge < -0.3 is 9.15 Å². The Morgan fingerprint density at radius 3 is 2.38 bits per heavy atom. The number of benzene rings is 3. The van der Waals surface area contributed by atoms with Gasteiger partial charge >= 0.3 is 0 Å². The second kappa shape index (κ2) is 9.88. The highest BCUT2D eigenvalue weighted by Gasteiger charge is 2.34. The quantitative estimate of drug-likeness (QED) is 0.120. The number of nitrogens with one attached hydrogen (secondary N) is 1. The summed E-state index contributed by atoms with van der Waals surface area (Å²) in [5, 5.41) is 13.5. The van der Waals surface area contributed by atoms with Crippen LogP contribution in [0.2, 0.25) is 0 Å². The van der Waals surface area contributed by atoms with E-state index < -0.39 is 16.7 Å².